The van der Waals surface area contributed by atoms with Gasteiger partial charge in [0.2, 0.25) is 0 Å². The quantitative estimate of drug-likeness (QED) is 0.422. The first kappa shape index (κ1) is 21.4. The minimum atomic E-state index is -0.868. The number of esters is 1. The third-order valence-electron chi connectivity index (χ3n) is 4.28. The summed E-state index contributed by atoms with van der Waals surface area (Å²) < 4.78 is 12.2. The highest BCUT2D eigenvalue weighted by atomic mass is 79.9. The number of hydrogen-bond donors (Lipinski definition) is 2. The lowest BCUT2D eigenvalue weighted by molar-refractivity contribution is -0.145. The molecule has 2 N–H and O–H groups in total. The maximum Gasteiger partial charge on any atom is 0.408 e. The first-order chi connectivity index (χ1) is 14.0. The number of fused-ring (bicyclic) bond motifs is 1. The van der Waals surface area contributed by atoms with Crippen LogP contribution in [-0.4, -0.2) is 29.7 Å². The summed E-state index contributed by atoms with van der Waals surface area (Å²) in [6, 6.07) is 12.3. The van der Waals surface area contributed by atoms with Crippen LogP contribution in [0.1, 0.15) is 18.1 Å². The Hall–Kier alpha value is -2.32. The van der Waals surface area contributed by atoms with Gasteiger partial charge < -0.3 is 19.8 Å². The Balaban J connectivity index is 1.74. The fourth-order valence-corrected chi connectivity index (χ4v) is 4.45. The van der Waals surface area contributed by atoms with Crippen LogP contribution in [0, 0.1) is 0 Å². The van der Waals surface area contributed by atoms with E-state index in [1.807, 2.05) is 48.7 Å². The Labute approximate surface area is 185 Å². The zero-order valence-electron chi connectivity index (χ0n) is 15.7. The summed E-state index contributed by atoms with van der Waals surface area (Å²) in [5, 5.41) is 3.58. The Morgan fingerprint density at radius 2 is 1.90 bits per heavy atom. The lowest BCUT2D eigenvalue weighted by Crippen LogP contribution is -2.43. The van der Waals surface area contributed by atoms with Gasteiger partial charge in [-0.3, -0.25) is 0 Å². The van der Waals surface area contributed by atoms with Gasteiger partial charge in [0.15, 0.2) is 0 Å². The Kier molecular flexibility index (Phi) is 7.33. The summed E-state index contributed by atoms with van der Waals surface area (Å²) in [5.41, 5.74) is 2.65. The van der Waals surface area contributed by atoms with Gasteiger partial charge in [-0.05, 0) is 30.2 Å². The van der Waals surface area contributed by atoms with Crippen LogP contribution in [0.15, 0.2) is 57.6 Å². The zero-order valence-corrected chi connectivity index (χ0v) is 18.9. The average molecular weight is 524 g/mol. The van der Waals surface area contributed by atoms with Crippen LogP contribution in [-0.2, 0) is 27.3 Å². The third kappa shape index (κ3) is 5.61. The van der Waals surface area contributed by atoms with E-state index in [4.69, 9.17) is 9.47 Å². The molecule has 0 saturated heterocycles. The van der Waals surface area contributed by atoms with Crippen molar-refractivity contribution in [2.24, 2.45) is 0 Å². The molecule has 0 aliphatic heterocycles. The molecular weight excluding hydrogens is 504 g/mol. The first-order valence-electron chi connectivity index (χ1n) is 9.06. The number of aromatic nitrogens is 1. The summed E-state index contributed by atoms with van der Waals surface area (Å²) in [6.45, 7) is 2.07. The number of aromatic amines is 1. The van der Waals surface area contributed by atoms with Gasteiger partial charge in [-0.25, -0.2) is 9.59 Å². The van der Waals surface area contributed by atoms with Gasteiger partial charge in [0, 0.05) is 32.5 Å². The highest BCUT2D eigenvalue weighted by Crippen LogP contribution is 2.31. The van der Waals surface area contributed by atoms with Crippen molar-refractivity contribution in [1.82, 2.24) is 10.3 Å². The summed E-state index contributed by atoms with van der Waals surface area (Å²) in [4.78, 5) is 27.9. The Bertz CT molecular complexity index is 1000. The lowest BCUT2D eigenvalue weighted by Gasteiger charge is -2.17. The first-order valence-corrected chi connectivity index (χ1v) is 10.7. The fraction of sp³-hybridized carbons (Fsp3) is 0.238. The summed E-state index contributed by atoms with van der Waals surface area (Å²) in [7, 11) is 0. The normalized spacial score (nSPS) is 11.8. The molecule has 0 aliphatic carbocycles. The second kappa shape index (κ2) is 9.93. The molecule has 2 aromatic carbocycles. The van der Waals surface area contributed by atoms with Crippen LogP contribution in [0.25, 0.3) is 10.9 Å². The van der Waals surface area contributed by atoms with Crippen LogP contribution in [0.3, 0.4) is 0 Å². The number of carbonyl (C=O) groups excluding carboxylic acids is 2. The van der Waals surface area contributed by atoms with Crippen LogP contribution in [0.2, 0.25) is 0 Å². The predicted molar refractivity (Wildman–Crippen MR) is 118 cm³/mol. The monoisotopic (exact) mass is 522 g/mol. The van der Waals surface area contributed by atoms with Gasteiger partial charge in [-0.1, -0.05) is 62.2 Å². The van der Waals surface area contributed by atoms with Gasteiger partial charge in [0.25, 0.3) is 0 Å². The van der Waals surface area contributed by atoms with Crippen molar-refractivity contribution < 1.29 is 19.1 Å². The van der Waals surface area contributed by atoms with E-state index in [0.717, 1.165) is 31.0 Å². The van der Waals surface area contributed by atoms with Crippen molar-refractivity contribution in [3.63, 3.8) is 0 Å². The molecule has 1 amide bonds. The van der Waals surface area contributed by atoms with Crippen LogP contribution >= 0.6 is 31.9 Å². The van der Waals surface area contributed by atoms with E-state index >= 15 is 0 Å². The van der Waals surface area contributed by atoms with Crippen molar-refractivity contribution in [2.75, 3.05) is 6.61 Å². The molecule has 1 unspecified atom stereocenters. The van der Waals surface area contributed by atoms with Gasteiger partial charge in [-0.2, -0.15) is 0 Å². The van der Waals surface area contributed by atoms with E-state index in [9.17, 15) is 9.59 Å². The van der Waals surface area contributed by atoms with E-state index in [0.29, 0.717) is 0 Å². The molecule has 0 radical (unpaired) electrons. The average Bonchev–Trinajstić information content (AvgIpc) is 3.09. The third-order valence-corrected chi connectivity index (χ3v) is 5.36. The summed E-state index contributed by atoms with van der Waals surface area (Å²) >= 11 is 7.02. The number of nitrogens with one attached hydrogen (secondary N) is 2. The molecule has 8 heteroatoms. The van der Waals surface area contributed by atoms with E-state index in [1.165, 1.54) is 0 Å². The van der Waals surface area contributed by atoms with E-state index in [2.05, 4.69) is 42.2 Å². The number of ether oxygens (including phenoxy) is 2. The number of amides is 1. The number of halogens is 2. The summed E-state index contributed by atoms with van der Waals surface area (Å²) in [5.74, 6) is -0.508. The second-order valence-corrected chi connectivity index (χ2v) is 8.11. The molecule has 0 aliphatic rings. The maximum atomic E-state index is 12.4. The van der Waals surface area contributed by atoms with Crippen LogP contribution in [0.4, 0.5) is 4.79 Å². The molecule has 1 heterocycles. The van der Waals surface area contributed by atoms with Gasteiger partial charge in [0.1, 0.15) is 12.6 Å². The smallest absolute Gasteiger partial charge is 0.408 e. The minimum Gasteiger partial charge on any atom is -0.464 e. The van der Waals surface area contributed by atoms with Gasteiger partial charge >= 0.3 is 12.1 Å². The Morgan fingerprint density at radius 1 is 1.14 bits per heavy atom. The van der Waals surface area contributed by atoms with Crippen molar-refractivity contribution in [2.45, 2.75) is 26.0 Å². The standard InChI is InChI=1S/C21H20Br2N2O4/c1-2-28-20(26)18(25-21(27)29-12-13-6-4-3-5-7-13)8-14-11-24-17-10-15(22)9-16(23)19(14)17/h3-7,9-11,18,24H,2,8,12H2,1H3,(H,25,27). The molecule has 0 spiro atoms. The molecule has 1 aromatic heterocycles. The molecule has 1 atom stereocenters. The molecule has 3 aromatic rings. The molecule has 0 fully saturated rings. The van der Waals surface area contributed by atoms with E-state index < -0.39 is 18.1 Å². The van der Waals surface area contributed by atoms with Crippen molar-refractivity contribution >= 4 is 54.8 Å². The molecule has 0 bridgehead atoms. The number of rotatable bonds is 7. The SMILES string of the molecule is CCOC(=O)C(Cc1c[nH]c2cc(Br)cc(Br)c12)NC(=O)OCc1ccccc1. The minimum absolute atomic E-state index is 0.120. The highest BCUT2D eigenvalue weighted by molar-refractivity contribution is 9.11. The fourth-order valence-electron chi connectivity index (χ4n) is 2.97. The van der Waals surface area contributed by atoms with Gasteiger partial charge in [0.05, 0.1) is 6.61 Å². The molecule has 3 rings (SSSR count). The zero-order chi connectivity index (χ0) is 20.8. The largest absolute Gasteiger partial charge is 0.464 e. The van der Waals surface area contributed by atoms with Gasteiger partial charge in [-0.15, -0.1) is 0 Å². The van der Waals surface area contributed by atoms with E-state index in [1.54, 1.807) is 6.92 Å². The number of H-pyrrole nitrogens is 1. The highest BCUT2D eigenvalue weighted by Gasteiger charge is 2.25. The topological polar surface area (TPSA) is 80.4 Å². The molecule has 152 valence electrons. The van der Waals surface area contributed by atoms with E-state index in [-0.39, 0.29) is 19.6 Å². The predicted octanol–water partition coefficient (Wildman–Crippen LogP) is 5.09. The molecule has 6 nitrogen and oxygen atoms in total. The van der Waals surface area contributed by atoms with Crippen molar-refractivity contribution in [3.05, 3.63) is 68.7 Å². The van der Waals surface area contributed by atoms with Crippen molar-refractivity contribution in [3.8, 4) is 0 Å². The maximum absolute atomic E-state index is 12.4. The number of alkyl carbamates (subject to hydrolysis) is 1. The lowest BCUT2D eigenvalue weighted by atomic mass is 10.1. The number of benzene rings is 2. The second-order valence-electron chi connectivity index (χ2n) is 6.34. The number of carbonyl (C=O) groups is 2. The summed E-state index contributed by atoms with van der Waals surface area (Å²) in [6.07, 6.45) is 1.42. The molecule has 29 heavy (non-hydrogen) atoms. The van der Waals surface area contributed by atoms with Crippen LogP contribution in [0.5, 0.6) is 0 Å². The molecular formula is C21H20Br2N2O4. The van der Waals surface area contributed by atoms with Crippen LogP contribution < -0.4 is 5.32 Å². The van der Waals surface area contributed by atoms with Crippen molar-refractivity contribution in [1.29, 1.82) is 0 Å². The molecule has 0 saturated carbocycles. The Morgan fingerprint density at radius 3 is 2.62 bits per heavy atom. The number of hydrogen-bond acceptors (Lipinski definition) is 4.